The molecule has 2 aromatic rings. The highest BCUT2D eigenvalue weighted by atomic mass is 35.5. The molecule has 0 aliphatic rings. The topological polar surface area (TPSA) is 24.5 Å². The summed E-state index contributed by atoms with van der Waals surface area (Å²) in [5.41, 5.74) is 1.36. The van der Waals surface area contributed by atoms with Gasteiger partial charge in [0.2, 0.25) is 0 Å². The second-order valence-electron chi connectivity index (χ2n) is 5.69. The van der Waals surface area contributed by atoms with E-state index in [1.165, 1.54) is 15.6 Å². The highest BCUT2D eigenvalue weighted by molar-refractivity contribution is 7.17. The number of halogens is 2. The number of hydrogen-bond acceptors (Lipinski definition) is 4. The SMILES string of the molecule is CNC(CCOCCc1ccc2sccc2c1)CN(C)C.Cl.Cl. The van der Waals surface area contributed by atoms with Gasteiger partial charge in [-0.05, 0) is 62.4 Å². The van der Waals surface area contributed by atoms with Crippen molar-refractivity contribution in [2.24, 2.45) is 0 Å². The molecule has 1 aromatic carbocycles. The number of benzene rings is 1. The molecule has 1 atom stereocenters. The Hall–Kier alpha value is -0.360. The fraction of sp³-hybridized carbons (Fsp3) is 0.529. The van der Waals surface area contributed by atoms with E-state index in [-0.39, 0.29) is 24.8 Å². The van der Waals surface area contributed by atoms with Crippen LogP contribution >= 0.6 is 36.2 Å². The summed E-state index contributed by atoms with van der Waals surface area (Å²) in [6.07, 6.45) is 2.04. The number of nitrogens with one attached hydrogen (secondary N) is 1. The summed E-state index contributed by atoms with van der Waals surface area (Å²) in [5.74, 6) is 0. The molecule has 3 nitrogen and oxygen atoms in total. The van der Waals surface area contributed by atoms with Crippen molar-refractivity contribution in [2.75, 3.05) is 40.9 Å². The van der Waals surface area contributed by atoms with Crippen molar-refractivity contribution < 1.29 is 4.74 Å². The minimum absolute atomic E-state index is 0. The third-order valence-electron chi connectivity index (χ3n) is 3.66. The number of rotatable bonds is 9. The van der Waals surface area contributed by atoms with E-state index < -0.39 is 0 Å². The number of fused-ring (bicyclic) bond motifs is 1. The van der Waals surface area contributed by atoms with Crippen LogP contribution in [0.1, 0.15) is 12.0 Å². The molecule has 0 bridgehead atoms. The smallest absolute Gasteiger partial charge is 0.0506 e. The fourth-order valence-electron chi connectivity index (χ4n) is 2.46. The Kier molecular flexibility index (Phi) is 11.9. The average Bonchev–Trinajstić information content (AvgIpc) is 2.92. The summed E-state index contributed by atoms with van der Waals surface area (Å²) in [7, 11) is 6.22. The third-order valence-corrected chi connectivity index (χ3v) is 4.55. The van der Waals surface area contributed by atoms with Crippen LogP contribution in [0.2, 0.25) is 0 Å². The molecule has 0 saturated heterocycles. The Morgan fingerprint density at radius 3 is 2.65 bits per heavy atom. The van der Waals surface area contributed by atoms with Gasteiger partial charge in [0, 0.05) is 23.9 Å². The Morgan fingerprint density at radius 2 is 1.96 bits per heavy atom. The van der Waals surface area contributed by atoms with Crippen molar-refractivity contribution in [1.29, 1.82) is 0 Å². The van der Waals surface area contributed by atoms with Crippen molar-refractivity contribution in [2.45, 2.75) is 18.9 Å². The summed E-state index contributed by atoms with van der Waals surface area (Å²) >= 11 is 1.80. The van der Waals surface area contributed by atoms with E-state index in [0.29, 0.717) is 6.04 Å². The first-order chi connectivity index (χ1) is 10.2. The first kappa shape index (κ1) is 22.6. The lowest BCUT2D eigenvalue weighted by Crippen LogP contribution is -2.36. The van der Waals surface area contributed by atoms with Crippen LogP contribution in [0, 0.1) is 0 Å². The number of nitrogens with zero attached hydrogens (tertiary/aromatic N) is 1. The molecule has 2 rings (SSSR count). The monoisotopic (exact) mass is 378 g/mol. The Bertz CT molecular complexity index is 548. The van der Waals surface area contributed by atoms with Crippen LogP contribution in [-0.4, -0.2) is 51.8 Å². The van der Waals surface area contributed by atoms with E-state index in [1.807, 2.05) is 7.05 Å². The van der Waals surface area contributed by atoms with E-state index in [0.717, 1.165) is 32.6 Å². The molecule has 6 heteroatoms. The molecule has 132 valence electrons. The summed E-state index contributed by atoms with van der Waals surface area (Å²) in [4.78, 5) is 2.21. The van der Waals surface area contributed by atoms with Gasteiger partial charge in [0.05, 0.1) is 6.61 Å². The van der Waals surface area contributed by atoms with Crippen LogP contribution in [0.3, 0.4) is 0 Å². The van der Waals surface area contributed by atoms with Gasteiger partial charge in [0.1, 0.15) is 0 Å². The average molecular weight is 379 g/mol. The molecular formula is C17H28Cl2N2OS. The van der Waals surface area contributed by atoms with E-state index in [2.05, 4.69) is 54.0 Å². The Labute approximate surface area is 156 Å². The second-order valence-corrected chi connectivity index (χ2v) is 6.64. The molecule has 0 saturated carbocycles. The van der Waals surface area contributed by atoms with Crippen molar-refractivity contribution in [1.82, 2.24) is 10.2 Å². The maximum Gasteiger partial charge on any atom is 0.0506 e. The zero-order valence-electron chi connectivity index (χ0n) is 14.1. The molecule has 23 heavy (non-hydrogen) atoms. The van der Waals surface area contributed by atoms with Gasteiger partial charge < -0.3 is 15.0 Å². The summed E-state index contributed by atoms with van der Waals surface area (Å²) in [5, 5.41) is 6.83. The number of likely N-dealkylation sites (N-methyl/N-ethyl adjacent to an activating group) is 2. The largest absolute Gasteiger partial charge is 0.381 e. The van der Waals surface area contributed by atoms with Gasteiger partial charge in [-0.1, -0.05) is 12.1 Å². The zero-order valence-corrected chi connectivity index (χ0v) is 16.5. The molecule has 0 aliphatic carbocycles. The van der Waals surface area contributed by atoms with Gasteiger partial charge >= 0.3 is 0 Å². The molecule has 1 heterocycles. The molecule has 1 unspecified atom stereocenters. The summed E-state index contributed by atoms with van der Waals surface area (Å²) in [6.45, 7) is 2.67. The molecule has 0 radical (unpaired) electrons. The van der Waals surface area contributed by atoms with Gasteiger partial charge in [-0.15, -0.1) is 36.2 Å². The quantitative estimate of drug-likeness (QED) is 0.670. The number of thiophene rings is 1. The van der Waals surface area contributed by atoms with Crippen molar-refractivity contribution in [3.05, 3.63) is 35.2 Å². The fourth-order valence-corrected chi connectivity index (χ4v) is 3.23. The molecule has 1 aromatic heterocycles. The maximum absolute atomic E-state index is 5.79. The van der Waals surface area contributed by atoms with Crippen LogP contribution in [-0.2, 0) is 11.2 Å². The van der Waals surface area contributed by atoms with Crippen molar-refractivity contribution in [3.63, 3.8) is 0 Å². The lowest BCUT2D eigenvalue weighted by atomic mass is 10.1. The minimum atomic E-state index is 0. The van der Waals surface area contributed by atoms with Crippen molar-refractivity contribution >= 4 is 46.2 Å². The normalized spacial score (nSPS) is 12.0. The Balaban J connectivity index is 0.00000242. The first-order valence-corrected chi connectivity index (χ1v) is 8.43. The van der Waals surface area contributed by atoms with E-state index in [4.69, 9.17) is 4.74 Å². The standard InChI is InChI=1S/C17H26N2OS.2ClH/c1-18-16(13-19(2)3)7-10-20-9-6-14-4-5-17-15(12-14)8-11-21-17;;/h4-5,8,11-12,16,18H,6-7,9-10,13H2,1-3H3;2*1H. The molecule has 0 aliphatic heterocycles. The number of hydrogen-bond donors (Lipinski definition) is 1. The van der Waals surface area contributed by atoms with Crippen LogP contribution < -0.4 is 5.32 Å². The van der Waals surface area contributed by atoms with Gasteiger partial charge in [-0.3, -0.25) is 0 Å². The van der Waals surface area contributed by atoms with E-state index in [1.54, 1.807) is 11.3 Å². The van der Waals surface area contributed by atoms with E-state index in [9.17, 15) is 0 Å². The molecule has 0 spiro atoms. The predicted octanol–water partition coefficient (Wildman–Crippen LogP) is 3.84. The molecule has 0 fully saturated rings. The lowest BCUT2D eigenvalue weighted by molar-refractivity contribution is 0.124. The highest BCUT2D eigenvalue weighted by Gasteiger charge is 2.06. The lowest BCUT2D eigenvalue weighted by Gasteiger charge is -2.20. The summed E-state index contributed by atoms with van der Waals surface area (Å²) in [6, 6.07) is 9.39. The van der Waals surface area contributed by atoms with Gasteiger partial charge in [-0.25, -0.2) is 0 Å². The summed E-state index contributed by atoms with van der Waals surface area (Å²) < 4.78 is 7.15. The zero-order chi connectivity index (χ0) is 15.1. The van der Waals surface area contributed by atoms with Crippen molar-refractivity contribution in [3.8, 4) is 0 Å². The Morgan fingerprint density at radius 1 is 1.17 bits per heavy atom. The highest BCUT2D eigenvalue weighted by Crippen LogP contribution is 2.21. The first-order valence-electron chi connectivity index (χ1n) is 7.55. The van der Waals surface area contributed by atoms with Crippen LogP contribution in [0.15, 0.2) is 29.6 Å². The molecular weight excluding hydrogens is 351 g/mol. The van der Waals surface area contributed by atoms with Gasteiger partial charge in [-0.2, -0.15) is 0 Å². The third kappa shape index (κ3) is 7.84. The van der Waals surface area contributed by atoms with Crippen LogP contribution in [0.25, 0.3) is 10.1 Å². The minimum Gasteiger partial charge on any atom is -0.381 e. The van der Waals surface area contributed by atoms with Gasteiger partial charge in [0.15, 0.2) is 0 Å². The predicted molar refractivity (Wildman–Crippen MR) is 107 cm³/mol. The van der Waals surface area contributed by atoms with Crippen LogP contribution in [0.4, 0.5) is 0 Å². The van der Waals surface area contributed by atoms with Crippen LogP contribution in [0.5, 0.6) is 0 Å². The second kappa shape index (κ2) is 12.1. The van der Waals surface area contributed by atoms with Gasteiger partial charge in [0.25, 0.3) is 0 Å². The van der Waals surface area contributed by atoms with E-state index >= 15 is 0 Å². The maximum atomic E-state index is 5.79. The molecule has 1 N–H and O–H groups in total. The number of ether oxygens (including phenoxy) is 1. The molecule has 0 amide bonds.